The van der Waals surface area contributed by atoms with Gasteiger partial charge in [0, 0.05) is 13.1 Å². The molecule has 0 radical (unpaired) electrons. The number of aryl methyl sites for hydroxylation is 1. The van der Waals surface area contributed by atoms with E-state index in [9.17, 15) is 4.79 Å². The van der Waals surface area contributed by atoms with Gasteiger partial charge in [-0.05, 0) is 19.4 Å². The number of rotatable bonds is 4. The Morgan fingerprint density at radius 2 is 2.26 bits per heavy atom. The third-order valence-electron chi connectivity index (χ3n) is 2.83. The summed E-state index contributed by atoms with van der Waals surface area (Å²) in [5, 5.41) is 6.21. The summed E-state index contributed by atoms with van der Waals surface area (Å²) in [6, 6.07) is 8.07. The lowest BCUT2D eigenvalue weighted by Crippen LogP contribution is -2.31. The molecule has 0 aliphatic carbocycles. The van der Waals surface area contributed by atoms with Gasteiger partial charge < -0.3 is 10.6 Å². The summed E-state index contributed by atoms with van der Waals surface area (Å²) in [5.74, 6) is 0.0511. The van der Waals surface area contributed by atoms with E-state index in [1.807, 2.05) is 32.0 Å². The van der Waals surface area contributed by atoms with Crippen LogP contribution in [0.2, 0.25) is 0 Å². The molecule has 1 heterocycles. The van der Waals surface area contributed by atoms with Crippen LogP contribution in [-0.4, -0.2) is 32.5 Å². The number of nitrogens with zero attached hydrogens (tertiary/aromatic N) is 3. The number of anilines is 1. The van der Waals surface area contributed by atoms with Crippen LogP contribution in [0.3, 0.4) is 0 Å². The number of nitrogen functional groups attached to an aromatic ring is 1. The van der Waals surface area contributed by atoms with Crippen LogP contribution in [0, 0.1) is 6.92 Å². The van der Waals surface area contributed by atoms with Gasteiger partial charge in [0.05, 0.1) is 0 Å². The fourth-order valence-corrected chi connectivity index (χ4v) is 1.88. The van der Waals surface area contributed by atoms with Crippen LogP contribution < -0.4 is 5.73 Å². The van der Waals surface area contributed by atoms with E-state index in [-0.39, 0.29) is 17.7 Å². The molecule has 0 spiro atoms. The molecule has 1 aromatic carbocycles. The minimum atomic E-state index is -0.201. The van der Waals surface area contributed by atoms with Crippen molar-refractivity contribution in [2.45, 2.75) is 20.4 Å². The van der Waals surface area contributed by atoms with E-state index in [0.717, 1.165) is 5.56 Å². The van der Waals surface area contributed by atoms with Gasteiger partial charge in [-0.25, -0.2) is 0 Å². The van der Waals surface area contributed by atoms with Crippen molar-refractivity contribution >= 4 is 11.9 Å². The molecule has 0 fully saturated rings. The Kier molecular flexibility index (Phi) is 3.79. The number of aromatic amines is 1. The van der Waals surface area contributed by atoms with Crippen LogP contribution in [0.1, 0.15) is 28.7 Å². The molecule has 0 bridgehead atoms. The lowest BCUT2D eigenvalue weighted by molar-refractivity contribution is 0.0740. The maximum absolute atomic E-state index is 12.2. The number of carbonyl (C=O) groups is 1. The van der Waals surface area contributed by atoms with Gasteiger partial charge in [-0.15, -0.1) is 5.10 Å². The van der Waals surface area contributed by atoms with Gasteiger partial charge >= 0.3 is 0 Å². The quantitative estimate of drug-likeness (QED) is 0.867. The van der Waals surface area contributed by atoms with Crippen LogP contribution in [-0.2, 0) is 6.54 Å². The first-order chi connectivity index (χ1) is 9.10. The molecule has 6 nitrogen and oxygen atoms in total. The minimum Gasteiger partial charge on any atom is -0.366 e. The number of benzene rings is 1. The van der Waals surface area contributed by atoms with Gasteiger partial charge in [0.25, 0.3) is 5.91 Å². The van der Waals surface area contributed by atoms with Crippen molar-refractivity contribution in [1.82, 2.24) is 20.1 Å². The molecule has 0 aliphatic heterocycles. The van der Waals surface area contributed by atoms with Gasteiger partial charge in [0.15, 0.2) is 0 Å². The standard InChI is InChI=1S/C13H17N5O/c1-3-18(8-10-6-4-5-9(2)7-10)12(19)11-15-13(14)17-16-11/h4-7H,3,8H2,1-2H3,(H3,14,15,16,17). The monoisotopic (exact) mass is 259 g/mol. The van der Waals surface area contributed by atoms with Gasteiger partial charge in [-0.3, -0.25) is 9.89 Å². The molecule has 0 saturated carbocycles. The Morgan fingerprint density at radius 3 is 2.84 bits per heavy atom. The Balaban J connectivity index is 2.14. The predicted octanol–water partition coefficient (Wildman–Crippen LogP) is 1.36. The zero-order valence-corrected chi connectivity index (χ0v) is 11.1. The summed E-state index contributed by atoms with van der Waals surface area (Å²) in [7, 11) is 0. The molecule has 0 aliphatic rings. The van der Waals surface area contributed by atoms with Crippen molar-refractivity contribution in [1.29, 1.82) is 0 Å². The summed E-state index contributed by atoms with van der Waals surface area (Å²) in [4.78, 5) is 17.8. The highest BCUT2D eigenvalue weighted by Gasteiger charge is 2.18. The van der Waals surface area contributed by atoms with E-state index in [1.165, 1.54) is 5.56 Å². The number of carbonyl (C=O) groups excluding carboxylic acids is 1. The highest BCUT2D eigenvalue weighted by Crippen LogP contribution is 2.10. The van der Waals surface area contributed by atoms with Crippen molar-refractivity contribution in [2.75, 3.05) is 12.3 Å². The summed E-state index contributed by atoms with van der Waals surface area (Å²) < 4.78 is 0. The molecular weight excluding hydrogens is 242 g/mol. The first-order valence-electron chi connectivity index (χ1n) is 6.13. The van der Waals surface area contributed by atoms with E-state index >= 15 is 0 Å². The summed E-state index contributed by atoms with van der Waals surface area (Å²) in [5.41, 5.74) is 7.66. The SMILES string of the molecule is CCN(Cc1cccc(C)c1)C(=O)c1nc(N)n[nH]1. The average Bonchev–Trinajstić information content (AvgIpc) is 2.82. The molecule has 0 atom stereocenters. The van der Waals surface area contributed by atoms with Crippen molar-refractivity contribution < 1.29 is 4.79 Å². The van der Waals surface area contributed by atoms with Crippen molar-refractivity contribution in [3.63, 3.8) is 0 Å². The van der Waals surface area contributed by atoms with Gasteiger partial charge in [-0.2, -0.15) is 4.98 Å². The maximum atomic E-state index is 12.2. The number of H-pyrrole nitrogens is 1. The largest absolute Gasteiger partial charge is 0.366 e. The molecule has 100 valence electrons. The van der Waals surface area contributed by atoms with E-state index in [0.29, 0.717) is 13.1 Å². The van der Waals surface area contributed by atoms with Crippen LogP contribution in [0.15, 0.2) is 24.3 Å². The molecule has 0 saturated heterocycles. The fourth-order valence-electron chi connectivity index (χ4n) is 1.88. The number of amides is 1. The van der Waals surface area contributed by atoms with E-state index in [4.69, 9.17) is 5.73 Å². The average molecular weight is 259 g/mol. The Bertz CT molecular complexity index is 578. The Labute approximate surface area is 111 Å². The molecule has 2 aromatic rings. The second-order valence-corrected chi connectivity index (χ2v) is 4.35. The number of aromatic nitrogens is 3. The number of nitrogens with two attached hydrogens (primary N) is 1. The predicted molar refractivity (Wildman–Crippen MR) is 72.4 cm³/mol. The molecule has 19 heavy (non-hydrogen) atoms. The van der Waals surface area contributed by atoms with Crippen LogP contribution in [0.5, 0.6) is 0 Å². The van der Waals surface area contributed by atoms with Crippen molar-refractivity contribution in [3.05, 3.63) is 41.2 Å². The lowest BCUT2D eigenvalue weighted by Gasteiger charge is -2.19. The normalized spacial score (nSPS) is 10.4. The van der Waals surface area contributed by atoms with E-state index < -0.39 is 0 Å². The molecule has 1 amide bonds. The Morgan fingerprint density at radius 1 is 1.47 bits per heavy atom. The lowest BCUT2D eigenvalue weighted by atomic mass is 10.1. The maximum Gasteiger partial charge on any atom is 0.291 e. The second kappa shape index (κ2) is 5.51. The molecule has 0 unspecified atom stereocenters. The number of nitrogens with one attached hydrogen (secondary N) is 1. The van der Waals surface area contributed by atoms with E-state index in [2.05, 4.69) is 21.2 Å². The molecule has 3 N–H and O–H groups in total. The van der Waals surface area contributed by atoms with Gasteiger partial charge in [-0.1, -0.05) is 29.8 Å². The zero-order valence-electron chi connectivity index (χ0n) is 11.1. The number of hydrogen-bond acceptors (Lipinski definition) is 4. The first kappa shape index (κ1) is 13.1. The van der Waals surface area contributed by atoms with Gasteiger partial charge in [0.1, 0.15) is 0 Å². The number of hydrogen-bond donors (Lipinski definition) is 2. The summed E-state index contributed by atoms with van der Waals surface area (Å²) >= 11 is 0. The highest BCUT2D eigenvalue weighted by atomic mass is 16.2. The first-order valence-corrected chi connectivity index (χ1v) is 6.13. The molecule has 1 aromatic heterocycles. The third-order valence-corrected chi connectivity index (χ3v) is 2.83. The second-order valence-electron chi connectivity index (χ2n) is 4.35. The van der Waals surface area contributed by atoms with Crippen LogP contribution >= 0.6 is 0 Å². The van der Waals surface area contributed by atoms with Crippen molar-refractivity contribution in [2.24, 2.45) is 0 Å². The Hall–Kier alpha value is -2.37. The van der Waals surface area contributed by atoms with Crippen molar-refractivity contribution in [3.8, 4) is 0 Å². The summed E-state index contributed by atoms with van der Waals surface area (Å²) in [6.45, 7) is 5.08. The van der Waals surface area contributed by atoms with Crippen LogP contribution in [0.25, 0.3) is 0 Å². The van der Waals surface area contributed by atoms with Crippen LogP contribution in [0.4, 0.5) is 5.95 Å². The zero-order chi connectivity index (χ0) is 13.8. The summed E-state index contributed by atoms with van der Waals surface area (Å²) in [6.07, 6.45) is 0. The van der Waals surface area contributed by atoms with Gasteiger partial charge in [0.2, 0.25) is 11.8 Å². The highest BCUT2D eigenvalue weighted by molar-refractivity contribution is 5.90. The topological polar surface area (TPSA) is 87.9 Å². The third kappa shape index (κ3) is 3.09. The smallest absolute Gasteiger partial charge is 0.291 e. The van der Waals surface area contributed by atoms with E-state index in [1.54, 1.807) is 4.90 Å². The molecule has 2 rings (SSSR count). The molecular formula is C13H17N5O. The minimum absolute atomic E-state index is 0.0787. The fraction of sp³-hybridized carbons (Fsp3) is 0.308. The molecule has 6 heteroatoms.